The number of nitrogens with zero attached hydrogens (tertiary/aromatic N) is 2. The molecule has 2 N–H and O–H groups in total. The van der Waals surface area contributed by atoms with Crippen LogP contribution < -0.4 is 16.2 Å². The van der Waals surface area contributed by atoms with Gasteiger partial charge in [-0.25, -0.2) is 9.37 Å². The number of nitrogens with one attached hydrogen (secondary N) is 2. The van der Waals surface area contributed by atoms with Gasteiger partial charge >= 0.3 is 0 Å². The fraction of sp³-hybridized carbons (Fsp3) is 0.333. The van der Waals surface area contributed by atoms with Gasteiger partial charge in [-0.15, -0.1) is 0 Å². The average Bonchev–Trinajstić information content (AvgIpc) is 2.79. The van der Waals surface area contributed by atoms with Crippen LogP contribution in [0.5, 0.6) is 0 Å². The molecule has 2 amide bonds. The van der Waals surface area contributed by atoms with E-state index in [0.29, 0.717) is 16.6 Å². The molecule has 8 heteroatoms. The zero-order chi connectivity index (χ0) is 22.7. The molecule has 1 aliphatic rings. The molecule has 3 aromatic rings. The van der Waals surface area contributed by atoms with Crippen LogP contribution in [-0.4, -0.2) is 21.4 Å². The van der Waals surface area contributed by atoms with Gasteiger partial charge in [-0.3, -0.25) is 19.0 Å². The molecule has 32 heavy (non-hydrogen) atoms. The standard InChI is InChI=1S/C24H25FN4O3/c1-15-6-5-9-18-22(15)26-14-29(24(18)32)13-21(30)27-17-10-11-19(25)20(12-17)28-23(31)16-7-3-2-4-8-16/h5-6,9-12,14,16H,2-4,7-8,13H2,1H3,(H,27,30)(H,28,31). The summed E-state index contributed by atoms with van der Waals surface area (Å²) in [4.78, 5) is 42.0. The Morgan fingerprint density at radius 1 is 1.12 bits per heavy atom. The molecule has 1 aliphatic carbocycles. The van der Waals surface area contributed by atoms with E-state index in [1.54, 1.807) is 12.1 Å². The van der Waals surface area contributed by atoms with Crippen LogP contribution in [0.3, 0.4) is 0 Å². The van der Waals surface area contributed by atoms with Crippen LogP contribution >= 0.6 is 0 Å². The van der Waals surface area contributed by atoms with E-state index < -0.39 is 11.7 Å². The maximum Gasteiger partial charge on any atom is 0.261 e. The molecule has 0 radical (unpaired) electrons. The molecule has 0 atom stereocenters. The van der Waals surface area contributed by atoms with E-state index in [0.717, 1.165) is 37.7 Å². The number of aromatic nitrogens is 2. The van der Waals surface area contributed by atoms with Crippen molar-refractivity contribution in [3.05, 3.63) is 64.5 Å². The number of hydrogen-bond donors (Lipinski definition) is 2. The zero-order valence-electron chi connectivity index (χ0n) is 17.9. The second kappa shape index (κ2) is 9.30. The molecule has 1 aromatic heterocycles. The SMILES string of the molecule is Cc1cccc2c(=O)n(CC(=O)Nc3ccc(F)c(NC(=O)C4CCCCC4)c3)cnc12. The smallest absolute Gasteiger partial charge is 0.261 e. The molecule has 166 valence electrons. The number of carbonyl (C=O) groups is 2. The third kappa shape index (κ3) is 4.69. The van der Waals surface area contributed by atoms with Crippen molar-refractivity contribution in [2.75, 3.05) is 10.6 Å². The summed E-state index contributed by atoms with van der Waals surface area (Å²) in [5.41, 5.74) is 1.52. The summed E-state index contributed by atoms with van der Waals surface area (Å²) in [5, 5.41) is 5.74. The van der Waals surface area contributed by atoms with Crippen molar-refractivity contribution in [1.29, 1.82) is 0 Å². The van der Waals surface area contributed by atoms with Crippen LogP contribution in [0.4, 0.5) is 15.8 Å². The first-order valence-electron chi connectivity index (χ1n) is 10.8. The van der Waals surface area contributed by atoms with Crippen LogP contribution in [0.25, 0.3) is 10.9 Å². The molecule has 1 heterocycles. The Balaban J connectivity index is 1.46. The second-order valence-corrected chi connectivity index (χ2v) is 8.22. The molecular weight excluding hydrogens is 411 g/mol. The van der Waals surface area contributed by atoms with E-state index in [-0.39, 0.29) is 29.6 Å². The lowest BCUT2D eigenvalue weighted by molar-refractivity contribution is -0.120. The van der Waals surface area contributed by atoms with Gasteiger partial charge in [0.2, 0.25) is 11.8 Å². The number of anilines is 2. The first-order valence-corrected chi connectivity index (χ1v) is 10.8. The van der Waals surface area contributed by atoms with E-state index >= 15 is 0 Å². The fourth-order valence-corrected chi connectivity index (χ4v) is 4.10. The van der Waals surface area contributed by atoms with E-state index in [1.165, 1.54) is 29.1 Å². The number of para-hydroxylation sites is 1. The maximum absolute atomic E-state index is 14.2. The Kier molecular flexibility index (Phi) is 6.30. The number of fused-ring (bicyclic) bond motifs is 1. The average molecular weight is 436 g/mol. The van der Waals surface area contributed by atoms with Gasteiger partial charge in [0.25, 0.3) is 5.56 Å². The maximum atomic E-state index is 14.2. The molecule has 7 nitrogen and oxygen atoms in total. The van der Waals surface area contributed by atoms with Crippen molar-refractivity contribution >= 4 is 34.1 Å². The lowest BCUT2D eigenvalue weighted by Crippen LogP contribution is -2.28. The number of hydrogen-bond acceptors (Lipinski definition) is 4. The summed E-state index contributed by atoms with van der Waals surface area (Å²) < 4.78 is 15.5. The largest absolute Gasteiger partial charge is 0.324 e. The molecule has 2 aromatic carbocycles. The van der Waals surface area contributed by atoms with E-state index in [9.17, 15) is 18.8 Å². The van der Waals surface area contributed by atoms with Gasteiger partial charge in [-0.1, -0.05) is 31.4 Å². The van der Waals surface area contributed by atoms with E-state index in [2.05, 4.69) is 15.6 Å². The molecule has 0 unspecified atom stereocenters. The highest BCUT2D eigenvalue weighted by atomic mass is 19.1. The molecule has 1 saturated carbocycles. The highest BCUT2D eigenvalue weighted by molar-refractivity contribution is 5.95. The molecular formula is C24H25FN4O3. The highest BCUT2D eigenvalue weighted by Crippen LogP contribution is 2.26. The third-order valence-electron chi connectivity index (χ3n) is 5.85. The summed E-state index contributed by atoms with van der Waals surface area (Å²) in [6.45, 7) is 1.63. The van der Waals surface area contributed by atoms with Crippen LogP contribution in [0.1, 0.15) is 37.7 Å². The predicted molar refractivity (Wildman–Crippen MR) is 121 cm³/mol. The summed E-state index contributed by atoms with van der Waals surface area (Å²) in [6, 6.07) is 9.30. The summed E-state index contributed by atoms with van der Waals surface area (Å²) >= 11 is 0. The van der Waals surface area contributed by atoms with Gasteiger partial charge < -0.3 is 10.6 Å². The van der Waals surface area contributed by atoms with Gasteiger partial charge in [-0.2, -0.15) is 0 Å². The predicted octanol–water partition coefficient (Wildman–Crippen LogP) is 4.00. The Morgan fingerprint density at radius 2 is 1.91 bits per heavy atom. The molecule has 0 bridgehead atoms. The number of halogens is 1. The Bertz CT molecular complexity index is 1230. The zero-order valence-corrected chi connectivity index (χ0v) is 17.9. The minimum Gasteiger partial charge on any atom is -0.324 e. The van der Waals surface area contributed by atoms with Crippen molar-refractivity contribution in [2.24, 2.45) is 5.92 Å². The van der Waals surface area contributed by atoms with Gasteiger partial charge in [0, 0.05) is 11.6 Å². The van der Waals surface area contributed by atoms with Crippen LogP contribution in [0.15, 0.2) is 47.5 Å². The summed E-state index contributed by atoms with van der Waals surface area (Å²) in [5.74, 6) is -1.34. The van der Waals surface area contributed by atoms with Gasteiger partial charge in [0.1, 0.15) is 12.4 Å². The van der Waals surface area contributed by atoms with Crippen molar-refractivity contribution in [3.63, 3.8) is 0 Å². The van der Waals surface area contributed by atoms with Gasteiger partial charge in [0.05, 0.1) is 22.9 Å². The van der Waals surface area contributed by atoms with Gasteiger partial charge in [0.15, 0.2) is 0 Å². The molecule has 4 rings (SSSR count). The quantitative estimate of drug-likeness (QED) is 0.632. The second-order valence-electron chi connectivity index (χ2n) is 8.22. The Hall–Kier alpha value is -3.55. The first kappa shape index (κ1) is 21.7. The highest BCUT2D eigenvalue weighted by Gasteiger charge is 2.22. The molecule has 0 aliphatic heterocycles. The van der Waals surface area contributed by atoms with E-state index in [4.69, 9.17) is 0 Å². The number of carbonyl (C=O) groups excluding carboxylic acids is 2. The topological polar surface area (TPSA) is 93.1 Å². The monoisotopic (exact) mass is 436 g/mol. The van der Waals surface area contributed by atoms with Gasteiger partial charge in [-0.05, 0) is 49.6 Å². The third-order valence-corrected chi connectivity index (χ3v) is 5.85. The molecule has 1 fully saturated rings. The minimum absolute atomic E-state index is 0.0263. The number of amides is 2. The van der Waals surface area contributed by atoms with Crippen LogP contribution in [0, 0.1) is 18.7 Å². The minimum atomic E-state index is -0.572. The molecule has 0 spiro atoms. The van der Waals surface area contributed by atoms with E-state index in [1.807, 2.05) is 13.0 Å². The lowest BCUT2D eigenvalue weighted by atomic mass is 9.88. The number of benzene rings is 2. The van der Waals surface area contributed by atoms with Crippen molar-refractivity contribution in [2.45, 2.75) is 45.6 Å². The summed E-state index contributed by atoms with van der Waals surface area (Å²) in [7, 11) is 0. The first-order chi connectivity index (χ1) is 15.4. The van der Waals surface area contributed by atoms with Crippen molar-refractivity contribution in [3.8, 4) is 0 Å². The fourth-order valence-electron chi connectivity index (χ4n) is 4.10. The van der Waals surface area contributed by atoms with Crippen LogP contribution in [0.2, 0.25) is 0 Å². The Labute approximate surface area is 184 Å². The van der Waals surface area contributed by atoms with Crippen LogP contribution in [-0.2, 0) is 16.1 Å². The lowest BCUT2D eigenvalue weighted by Gasteiger charge is -2.21. The molecule has 0 saturated heterocycles. The number of aryl methyl sites for hydroxylation is 1. The van der Waals surface area contributed by atoms with Crippen molar-refractivity contribution in [1.82, 2.24) is 9.55 Å². The summed E-state index contributed by atoms with van der Waals surface area (Å²) in [6.07, 6.45) is 6.07. The Morgan fingerprint density at radius 3 is 2.69 bits per heavy atom. The normalized spacial score (nSPS) is 14.3. The number of rotatable bonds is 5. The van der Waals surface area contributed by atoms with Crippen molar-refractivity contribution < 1.29 is 14.0 Å².